The fourth-order valence-electron chi connectivity index (χ4n) is 6.77. The van der Waals surface area contributed by atoms with Crippen LogP contribution in [-0.4, -0.2) is 0 Å². The molecule has 1 aromatic heterocycles. The Morgan fingerprint density at radius 1 is 0.341 bits per heavy atom. The van der Waals surface area contributed by atoms with E-state index in [0.29, 0.717) is 0 Å². The summed E-state index contributed by atoms with van der Waals surface area (Å²) in [5.41, 5.74) is 7.46. The molecule has 0 aliphatic rings. The normalized spacial score (nSPS) is 11.9. The molecule has 0 fully saturated rings. The lowest BCUT2D eigenvalue weighted by molar-refractivity contribution is 1.58. The van der Waals surface area contributed by atoms with Gasteiger partial charge in [-0.1, -0.05) is 115 Å². The van der Waals surface area contributed by atoms with Gasteiger partial charge in [0.05, 0.1) is 0 Å². The predicted molar refractivity (Wildman–Crippen MR) is 179 cm³/mol. The number of rotatable bonds is 3. The summed E-state index contributed by atoms with van der Waals surface area (Å²) < 4.78 is 2.74. The van der Waals surface area contributed by atoms with E-state index >= 15 is 0 Å². The van der Waals surface area contributed by atoms with Crippen molar-refractivity contribution in [1.29, 1.82) is 0 Å². The lowest BCUT2D eigenvalue weighted by atomic mass is 9.86. The summed E-state index contributed by atoms with van der Waals surface area (Å²) >= 11 is 1.92. The second kappa shape index (κ2) is 8.76. The van der Waals surface area contributed by atoms with E-state index in [4.69, 9.17) is 0 Å². The number of hydrogen-bond acceptors (Lipinski definition) is 1. The minimum atomic E-state index is 1.23. The Hall–Kier alpha value is -4.98. The number of benzene rings is 8. The van der Waals surface area contributed by atoms with Crippen molar-refractivity contribution in [2.75, 3.05) is 0 Å². The van der Waals surface area contributed by atoms with E-state index in [1.165, 1.54) is 85.9 Å². The smallest absolute Gasteiger partial charge is 0.0440 e. The van der Waals surface area contributed by atoms with Gasteiger partial charge in [-0.3, -0.25) is 0 Å². The van der Waals surface area contributed by atoms with Gasteiger partial charge in [-0.25, -0.2) is 0 Å². The molecule has 0 unspecified atom stereocenters. The van der Waals surface area contributed by atoms with E-state index in [9.17, 15) is 0 Å². The highest BCUT2D eigenvalue weighted by Gasteiger charge is 2.19. The van der Waals surface area contributed by atoms with Crippen molar-refractivity contribution >= 4 is 63.8 Å². The second-order valence-electron chi connectivity index (χ2n) is 10.9. The SMILES string of the molecule is c1ccc(-c2cc(-c3ccccc3)cc(-c3cc4cccc5c6c7ccccc7sc6c6cccc3c6c45)c2)cc1. The zero-order valence-electron chi connectivity index (χ0n) is 22.3. The van der Waals surface area contributed by atoms with Gasteiger partial charge in [-0.15, -0.1) is 11.3 Å². The molecule has 0 amide bonds. The topological polar surface area (TPSA) is 0 Å². The Kier molecular flexibility index (Phi) is 4.87. The highest BCUT2D eigenvalue weighted by atomic mass is 32.1. The molecule has 0 N–H and O–H groups in total. The Bertz CT molecular complexity index is 2340. The van der Waals surface area contributed by atoms with Crippen LogP contribution >= 0.6 is 11.3 Å². The molecule has 0 nitrogen and oxygen atoms in total. The Labute approximate surface area is 242 Å². The molecule has 1 heteroatoms. The van der Waals surface area contributed by atoms with E-state index in [1.807, 2.05) is 11.3 Å². The van der Waals surface area contributed by atoms with Crippen LogP contribution in [0.15, 0.2) is 146 Å². The molecule has 0 radical (unpaired) electrons. The van der Waals surface area contributed by atoms with Crippen molar-refractivity contribution in [2.24, 2.45) is 0 Å². The molecule has 41 heavy (non-hydrogen) atoms. The van der Waals surface area contributed by atoms with Gasteiger partial charge in [0.2, 0.25) is 0 Å². The van der Waals surface area contributed by atoms with Crippen LogP contribution in [0.2, 0.25) is 0 Å². The maximum Gasteiger partial charge on any atom is 0.0440 e. The molecule has 9 rings (SSSR count). The molecule has 0 saturated carbocycles. The van der Waals surface area contributed by atoms with Gasteiger partial charge >= 0.3 is 0 Å². The van der Waals surface area contributed by atoms with Crippen molar-refractivity contribution in [2.45, 2.75) is 0 Å². The summed E-state index contributed by atoms with van der Waals surface area (Å²) in [5, 5.41) is 10.8. The van der Waals surface area contributed by atoms with Crippen molar-refractivity contribution in [3.63, 3.8) is 0 Å². The molecule has 0 aliphatic heterocycles. The number of thiophene rings is 1. The Morgan fingerprint density at radius 3 is 1.68 bits per heavy atom. The summed E-state index contributed by atoms with van der Waals surface area (Å²) in [6, 6.07) is 53.6. The summed E-state index contributed by atoms with van der Waals surface area (Å²) in [4.78, 5) is 0. The van der Waals surface area contributed by atoms with Crippen LogP contribution < -0.4 is 0 Å². The summed E-state index contributed by atoms with van der Waals surface area (Å²) in [7, 11) is 0. The highest BCUT2D eigenvalue weighted by molar-refractivity contribution is 7.27. The van der Waals surface area contributed by atoms with Gasteiger partial charge in [0, 0.05) is 25.6 Å². The van der Waals surface area contributed by atoms with E-state index in [1.54, 1.807) is 0 Å². The van der Waals surface area contributed by atoms with Gasteiger partial charge in [0.25, 0.3) is 0 Å². The summed E-state index contributed by atoms with van der Waals surface area (Å²) in [6.07, 6.45) is 0. The molecule has 190 valence electrons. The lowest BCUT2D eigenvalue weighted by Crippen LogP contribution is -1.90. The monoisotopic (exact) mass is 536 g/mol. The van der Waals surface area contributed by atoms with Crippen LogP contribution in [0.25, 0.3) is 85.9 Å². The third-order valence-corrected chi connectivity index (χ3v) is 9.77. The molecule has 0 bridgehead atoms. The summed E-state index contributed by atoms with van der Waals surface area (Å²) in [6.45, 7) is 0. The van der Waals surface area contributed by atoms with Gasteiger partial charge in [0.15, 0.2) is 0 Å². The standard InChI is InChI=1S/C40H24S/c1-3-11-25(12-4-1)28-21-29(26-13-5-2-6-14-26)23-30(22-28)35-24-27-15-9-18-33-37(27)38-31(35)17-10-19-34(38)40-39(33)32-16-7-8-20-36(32)41-40/h1-24H. The first-order valence-electron chi connectivity index (χ1n) is 14.1. The molecule has 8 aromatic carbocycles. The van der Waals surface area contributed by atoms with Gasteiger partial charge in [0.1, 0.15) is 0 Å². The molecular weight excluding hydrogens is 513 g/mol. The molecule has 0 aliphatic carbocycles. The molecule has 0 spiro atoms. The maximum absolute atomic E-state index is 2.42. The first-order chi connectivity index (χ1) is 20.3. The molecular formula is C40H24S. The highest BCUT2D eigenvalue weighted by Crippen LogP contribution is 2.49. The van der Waals surface area contributed by atoms with Gasteiger partial charge < -0.3 is 0 Å². The van der Waals surface area contributed by atoms with Gasteiger partial charge in [-0.2, -0.15) is 0 Å². The molecule has 1 heterocycles. The van der Waals surface area contributed by atoms with Crippen molar-refractivity contribution < 1.29 is 0 Å². The largest absolute Gasteiger partial charge is 0.135 e. The van der Waals surface area contributed by atoms with E-state index in [0.717, 1.165) is 0 Å². The third kappa shape index (κ3) is 3.40. The minimum absolute atomic E-state index is 1.23. The average Bonchev–Trinajstić information content (AvgIpc) is 3.45. The predicted octanol–water partition coefficient (Wildman–Crippen LogP) is 12.0. The average molecular weight is 537 g/mol. The van der Waals surface area contributed by atoms with Crippen LogP contribution in [0, 0.1) is 0 Å². The van der Waals surface area contributed by atoms with Crippen LogP contribution in [0.5, 0.6) is 0 Å². The first kappa shape index (κ1) is 22.8. The first-order valence-corrected chi connectivity index (χ1v) is 14.9. The quantitative estimate of drug-likeness (QED) is 0.197. The molecule has 9 aromatic rings. The third-order valence-electron chi connectivity index (χ3n) is 8.57. The van der Waals surface area contributed by atoms with E-state index in [2.05, 4.69) is 146 Å². The van der Waals surface area contributed by atoms with E-state index in [-0.39, 0.29) is 0 Å². The fourth-order valence-corrected chi connectivity index (χ4v) is 8.01. The van der Waals surface area contributed by atoms with Crippen molar-refractivity contribution in [3.05, 3.63) is 146 Å². The zero-order chi connectivity index (χ0) is 26.9. The van der Waals surface area contributed by atoms with Crippen LogP contribution in [-0.2, 0) is 0 Å². The number of hydrogen-bond donors (Lipinski definition) is 0. The summed E-state index contributed by atoms with van der Waals surface area (Å²) in [5.74, 6) is 0. The second-order valence-corrected chi connectivity index (χ2v) is 11.9. The molecule has 0 atom stereocenters. The molecule has 0 saturated heterocycles. The number of fused-ring (bicyclic) bond motifs is 5. The van der Waals surface area contributed by atoms with Crippen LogP contribution in [0.3, 0.4) is 0 Å². The maximum atomic E-state index is 2.42. The Balaban J connectivity index is 1.42. The van der Waals surface area contributed by atoms with Crippen molar-refractivity contribution in [3.8, 4) is 33.4 Å². The minimum Gasteiger partial charge on any atom is -0.135 e. The zero-order valence-corrected chi connectivity index (χ0v) is 23.1. The van der Waals surface area contributed by atoms with Gasteiger partial charge in [-0.05, 0) is 90.6 Å². The Morgan fingerprint density at radius 2 is 0.927 bits per heavy atom. The van der Waals surface area contributed by atoms with Crippen LogP contribution in [0.1, 0.15) is 0 Å². The van der Waals surface area contributed by atoms with E-state index < -0.39 is 0 Å². The van der Waals surface area contributed by atoms with Crippen molar-refractivity contribution in [1.82, 2.24) is 0 Å². The fraction of sp³-hybridized carbons (Fsp3) is 0. The lowest BCUT2D eigenvalue weighted by Gasteiger charge is -2.18. The van der Waals surface area contributed by atoms with Crippen LogP contribution in [0.4, 0.5) is 0 Å².